The summed E-state index contributed by atoms with van der Waals surface area (Å²) in [6.45, 7) is 7.36. The molecule has 0 bridgehead atoms. The van der Waals surface area contributed by atoms with E-state index in [1.54, 1.807) is 0 Å². The molecule has 1 saturated heterocycles. The fraction of sp³-hybridized carbons (Fsp3) is 0.625. The second-order valence-electron chi connectivity index (χ2n) is 5.89. The molecular formula is C16H26N2O. The van der Waals surface area contributed by atoms with E-state index in [-0.39, 0.29) is 0 Å². The lowest BCUT2D eigenvalue weighted by molar-refractivity contribution is 0.271. The highest BCUT2D eigenvalue weighted by Crippen LogP contribution is 2.19. The van der Waals surface area contributed by atoms with Crippen LogP contribution in [0.15, 0.2) is 24.3 Å². The average molecular weight is 262 g/mol. The number of rotatable bonds is 6. The highest BCUT2D eigenvalue weighted by Gasteiger charge is 2.19. The zero-order chi connectivity index (χ0) is 13.7. The van der Waals surface area contributed by atoms with Crippen LogP contribution in [0.25, 0.3) is 0 Å². The van der Waals surface area contributed by atoms with Crippen molar-refractivity contribution in [2.24, 2.45) is 5.92 Å². The van der Waals surface area contributed by atoms with E-state index in [0.717, 1.165) is 18.9 Å². The van der Waals surface area contributed by atoms with Crippen LogP contribution in [0.5, 0.6) is 5.75 Å². The lowest BCUT2D eigenvalue weighted by Crippen LogP contribution is -2.31. The van der Waals surface area contributed by atoms with Crippen LogP contribution in [-0.4, -0.2) is 37.7 Å². The maximum Gasteiger partial charge on any atom is 0.119 e. The molecule has 1 unspecified atom stereocenters. The van der Waals surface area contributed by atoms with E-state index in [2.05, 4.69) is 43.2 Å². The largest absolute Gasteiger partial charge is 0.493 e. The molecule has 1 aliphatic rings. The number of likely N-dealkylation sites (N-methyl/N-ethyl adjacent to an activating group) is 1. The van der Waals surface area contributed by atoms with Gasteiger partial charge in [0.15, 0.2) is 0 Å². The lowest BCUT2D eigenvalue weighted by Gasteiger charge is -2.20. The first-order valence-corrected chi connectivity index (χ1v) is 7.32. The highest BCUT2D eigenvalue weighted by molar-refractivity contribution is 5.46. The van der Waals surface area contributed by atoms with Crippen molar-refractivity contribution < 1.29 is 4.74 Å². The smallest absolute Gasteiger partial charge is 0.119 e. The Balaban J connectivity index is 1.78. The maximum atomic E-state index is 5.68. The van der Waals surface area contributed by atoms with Gasteiger partial charge < -0.3 is 15.0 Å². The fourth-order valence-corrected chi connectivity index (χ4v) is 2.40. The minimum atomic E-state index is 0.565. The van der Waals surface area contributed by atoms with Crippen molar-refractivity contribution in [3.05, 3.63) is 24.3 Å². The summed E-state index contributed by atoms with van der Waals surface area (Å²) in [6.07, 6.45) is 2.63. The second kappa shape index (κ2) is 6.80. The topological polar surface area (TPSA) is 24.5 Å². The van der Waals surface area contributed by atoms with Gasteiger partial charge in [0.2, 0.25) is 0 Å². The summed E-state index contributed by atoms with van der Waals surface area (Å²) in [5.41, 5.74) is 1.18. The number of anilines is 1. The normalized spacial score (nSPS) is 19.9. The summed E-state index contributed by atoms with van der Waals surface area (Å²) >= 11 is 0. The van der Waals surface area contributed by atoms with Crippen LogP contribution >= 0.6 is 0 Å². The summed E-state index contributed by atoms with van der Waals surface area (Å²) in [4.78, 5) is 2.44. The van der Waals surface area contributed by atoms with E-state index < -0.39 is 0 Å². The second-order valence-corrected chi connectivity index (χ2v) is 5.89. The molecule has 3 nitrogen and oxygen atoms in total. The maximum absolute atomic E-state index is 5.68. The third-order valence-corrected chi connectivity index (χ3v) is 3.65. The Labute approximate surface area is 116 Å². The molecule has 1 aromatic rings. The molecule has 106 valence electrons. The van der Waals surface area contributed by atoms with Gasteiger partial charge in [-0.15, -0.1) is 0 Å². The van der Waals surface area contributed by atoms with Gasteiger partial charge in [0.1, 0.15) is 5.75 Å². The first-order valence-electron chi connectivity index (χ1n) is 7.32. The van der Waals surface area contributed by atoms with Gasteiger partial charge in [-0.05, 0) is 56.6 Å². The summed E-state index contributed by atoms with van der Waals surface area (Å²) in [5, 5.41) is 3.51. The first kappa shape index (κ1) is 14.2. The molecule has 0 radical (unpaired) electrons. The molecule has 0 amide bonds. The Morgan fingerprint density at radius 1 is 1.32 bits per heavy atom. The average Bonchev–Trinajstić information content (AvgIpc) is 2.81. The van der Waals surface area contributed by atoms with Crippen LogP contribution in [0.2, 0.25) is 0 Å². The zero-order valence-corrected chi connectivity index (χ0v) is 12.4. The third-order valence-electron chi connectivity index (χ3n) is 3.65. The Morgan fingerprint density at radius 3 is 2.63 bits per heavy atom. The van der Waals surface area contributed by atoms with Crippen molar-refractivity contribution in [3.63, 3.8) is 0 Å². The van der Waals surface area contributed by atoms with E-state index >= 15 is 0 Å². The van der Waals surface area contributed by atoms with E-state index in [9.17, 15) is 0 Å². The molecule has 2 rings (SSSR count). The molecule has 1 N–H and O–H groups in total. The Morgan fingerprint density at radius 2 is 2.05 bits per heavy atom. The summed E-state index contributed by atoms with van der Waals surface area (Å²) in [5.74, 6) is 1.52. The van der Waals surface area contributed by atoms with E-state index in [0.29, 0.717) is 12.0 Å². The van der Waals surface area contributed by atoms with E-state index in [4.69, 9.17) is 4.74 Å². The molecule has 0 spiro atoms. The SMILES string of the molecule is CC(C)COc1ccc(NCC2CCCN2C)cc1. The number of benzene rings is 1. The molecule has 3 heteroatoms. The minimum absolute atomic E-state index is 0.565. The predicted molar refractivity (Wildman–Crippen MR) is 80.9 cm³/mol. The number of hydrogen-bond donors (Lipinski definition) is 1. The van der Waals surface area contributed by atoms with E-state index in [1.807, 2.05) is 12.1 Å². The summed E-state index contributed by atoms with van der Waals surface area (Å²) in [6, 6.07) is 8.97. The van der Waals surface area contributed by atoms with Crippen LogP contribution in [-0.2, 0) is 0 Å². The lowest BCUT2D eigenvalue weighted by atomic mass is 10.2. The minimum Gasteiger partial charge on any atom is -0.493 e. The fourth-order valence-electron chi connectivity index (χ4n) is 2.40. The molecule has 0 aromatic heterocycles. The van der Waals surface area contributed by atoms with Crippen molar-refractivity contribution in [2.45, 2.75) is 32.7 Å². The van der Waals surface area contributed by atoms with Crippen LogP contribution in [0, 0.1) is 5.92 Å². The first-order chi connectivity index (χ1) is 9.15. The molecule has 1 heterocycles. The van der Waals surface area contributed by atoms with Crippen LogP contribution < -0.4 is 10.1 Å². The van der Waals surface area contributed by atoms with Crippen LogP contribution in [0.3, 0.4) is 0 Å². The number of likely N-dealkylation sites (tertiary alicyclic amines) is 1. The van der Waals surface area contributed by atoms with Crippen molar-refractivity contribution in [2.75, 3.05) is 32.1 Å². The molecule has 1 aromatic carbocycles. The molecule has 1 aliphatic heterocycles. The molecule has 0 aliphatic carbocycles. The van der Waals surface area contributed by atoms with E-state index in [1.165, 1.54) is 25.1 Å². The summed E-state index contributed by atoms with van der Waals surface area (Å²) in [7, 11) is 2.21. The standard InChI is InChI=1S/C16H26N2O/c1-13(2)12-19-16-8-6-14(7-9-16)17-11-15-5-4-10-18(15)3/h6-9,13,15,17H,4-5,10-12H2,1-3H3. The van der Waals surface area contributed by atoms with Gasteiger partial charge >= 0.3 is 0 Å². The van der Waals surface area contributed by atoms with Crippen LogP contribution in [0.4, 0.5) is 5.69 Å². The molecular weight excluding hydrogens is 236 g/mol. The Hall–Kier alpha value is -1.22. The predicted octanol–water partition coefficient (Wildman–Crippen LogP) is 3.23. The zero-order valence-electron chi connectivity index (χ0n) is 12.4. The number of ether oxygens (including phenoxy) is 1. The summed E-state index contributed by atoms with van der Waals surface area (Å²) < 4.78 is 5.68. The third kappa shape index (κ3) is 4.43. The molecule has 0 saturated carbocycles. The van der Waals surface area contributed by atoms with Crippen LogP contribution in [0.1, 0.15) is 26.7 Å². The molecule has 1 atom stereocenters. The number of hydrogen-bond acceptors (Lipinski definition) is 3. The van der Waals surface area contributed by atoms with Gasteiger partial charge in [-0.25, -0.2) is 0 Å². The van der Waals surface area contributed by atoms with Crippen molar-refractivity contribution >= 4 is 5.69 Å². The van der Waals surface area contributed by atoms with Crippen molar-refractivity contribution in [1.29, 1.82) is 0 Å². The Kier molecular flexibility index (Phi) is 5.08. The van der Waals surface area contributed by atoms with Gasteiger partial charge in [-0.2, -0.15) is 0 Å². The number of nitrogens with zero attached hydrogens (tertiary/aromatic N) is 1. The highest BCUT2D eigenvalue weighted by atomic mass is 16.5. The quantitative estimate of drug-likeness (QED) is 0.852. The van der Waals surface area contributed by atoms with Crippen molar-refractivity contribution in [1.82, 2.24) is 4.90 Å². The monoisotopic (exact) mass is 262 g/mol. The van der Waals surface area contributed by atoms with Gasteiger partial charge in [-0.1, -0.05) is 13.8 Å². The van der Waals surface area contributed by atoms with Gasteiger partial charge in [-0.3, -0.25) is 0 Å². The van der Waals surface area contributed by atoms with Gasteiger partial charge in [0, 0.05) is 18.3 Å². The van der Waals surface area contributed by atoms with Gasteiger partial charge in [0.25, 0.3) is 0 Å². The van der Waals surface area contributed by atoms with Crippen molar-refractivity contribution in [3.8, 4) is 5.75 Å². The number of nitrogens with one attached hydrogen (secondary N) is 1. The Bertz CT molecular complexity index is 375. The van der Waals surface area contributed by atoms with Gasteiger partial charge in [0.05, 0.1) is 6.61 Å². The molecule has 1 fully saturated rings. The molecule has 19 heavy (non-hydrogen) atoms.